The van der Waals surface area contributed by atoms with E-state index in [0.29, 0.717) is 5.69 Å². The molecule has 0 radical (unpaired) electrons. The first-order valence-corrected chi connectivity index (χ1v) is 8.92. The smallest absolute Gasteiger partial charge is 0.273 e. The largest absolute Gasteiger partial charge is 0.332 e. The predicted octanol–water partition coefficient (Wildman–Crippen LogP) is 3.07. The molecular weight excluding hydrogens is 358 g/mol. The number of nitrogens with one attached hydrogen (secondary N) is 1. The first kappa shape index (κ1) is 14.2. The Morgan fingerprint density at radius 2 is 2.35 bits per heavy atom. The molecular formula is C13H14BrN3OS2. The second kappa shape index (κ2) is 5.93. The van der Waals surface area contributed by atoms with Gasteiger partial charge in [0.25, 0.3) is 5.91 Å². The minimum atomic E-state index is 0.0390. The summed E-state index contributed by atoms with van der Waals surface area (Å²) in [6.45, 7) is 4.51. The van der Waals surface area contributed by atoms with Gasteiger partial charge in [-0.15, -0.1) is 22.7 Å². The minimum absolute atomic E-state index is 0.0390. The van der Waals surface area contributed by atoms with Crippen LogP contribution in [0, 0.1) is 0 Å². The Balaban J connectivity index is 1.81. The Morgan fingerprint density at radius 3 is 3.05 bits per heavy atom. The summed E-state index contributed by atoms with van der Waals surface area (Å²) >= 11 is 6.60. The first-order valence-electron chi connectivity index (χ1n) is 6.37. The molecule has 1 amide bonds. The van der Waals surface area contributed by atoms with Crippen LogP contribution < -0.4 is 5.32 Å². The molecule has 1 N–H and O–H groups in total. The summed E-state index contributed by atoms with van der Waals surface area (Å²) in [7, 11) is 0. The van der Waals surface area contributed by atoms with Crippen molar-refractivity contribution in [2.45, 2.75) is 13.0 Å². The molecule has 2 aromatic heterocycles. The molecule has 0 spiro atoms. The molecule has 1 aliphatic rings. The number of thiazole rings is 1. The van der Waals surface area contributed by atoms with Crippen molar-refractivity contribution in [1.82, 2.24) is 15.2 Å². The summed E-state index contributed by atoms with van der Waals surface area (Å²) in [5.74, 6) is 0.0390. The maximum absolute atomic E-state index is 12.5. The van der Waals surface area contributed by atoms with E-state index in [1.165, 1.54) is 11.3 Å². The van der Waals surface area contributed by atoms with Gasteiger partial charge in [-0.05, 0) is 28.9 Å². The zero-order chi connectivity index (χ0) is 14.1. The average molecular weight is 372 g/mol. The molecule has 2 aromatic rings. The Morgan fingerprint density at radius 1 is 1.50 bits per heavy atom. The van der Waals surface area contributed by atoms with Gasteiger partial charge in [-0.1, -0.05) is 0 Å². The normalized spacial score (nSPS) is 19.3. The molecule has 106 valence electrons. The van der Waals surface area contributed by atoms with E-state index in [9.17, 15) is 4.79 Å². The number of amides is 1. The molecule has 4 nitrogen and oxygen atoms in total. The Kier molecular flexibility index (Phi) is 4.21. The summed E-state index contributed by atoms with van der Waals surface area (Å²) in [6.07, 6.45) is 0. The van der Waals surface area contributed by atoms with Gasteiger partial charge >= 0.3 is 0 Å². The lowest BCUT2D eigenvalue weighted by molar-refractivity contribution is 0.0650. The molecule has 20 heavy (non-hydrogen) atoms. The molecule has 1 aliphatic heterocycles. The van der Waals surface area contributed by atoms with Crippen LogP contribution in [0.1, 0.15) is 17.4 Å². The van der Waals surface area contributed by atoms with Gasteiger partial charge in [0.2, 0.25) is 0 Å². The summed E-state index contributed by atoms with van der Waals surface area (Å²) in [5, 5.41) is 8.08. The highest BCUT2D eigenvalue weighted by Crippen LogP contribution is 2.32. The van der Waals surface area contributed by atoms with E-state index in [1.54, 1.807) is 11.3 Å². The lowest BCUT2D eigenvalue weighted by Gasteiger charge is -2.33. The number of nitrogens with zero attached hydrogens (tertiary/aromatic N) is 2. The maximum atomic E-state index is 12.5. The summed E-state index contributed by atoms with van der Waals surface area (Å²) in [5.41, 5.74) is 0.559. The predicted molar refractivity (Wildman–Crippen MR) is 86.5 cm³/mol. The molecule has 3 heterocycles. The van der Waals surface area contributed by atoms with Gasteiger partial charge in [-0.3, -0.25) is 4.79 Å². The van der Waals surface area contributed by atoms with Gasteiger partial charge in [-0.25, -0.2) is 4.98 Å². The van der Waals surface area contributed by atoms with Crippen LogP contribution in [0.2, 0.25) is 0 Å². The number of rotatable bonds is 2. The Labute approximate surface area is 134 Å². The lowest BCUT2D eigenvalue weighted by atomic mass is 10.2. The second-order valence-corrected chi connectivity index (χ2v) is 7.40. The zero-order valence-electron chi connectivity index (χ0n) is 10.9. The van der Waals surface area contributed by atoms with Crippen LogP contribution in [-0.4, -0.2) is 41.5 Å². The Bertz CT molecular complexity index is 625. The molecule has 0 aromatic carbocycles. The van der Waals surface area contributed by atoms with Gasteiger partial charge in [-0.2, -0.15) is 0 Å². The molecule has 0 saturated carbocycles. The molecule has 0 unspecified atom stereocenters. The van der Waals surface area contributed by atoms with Crippen LogP contribution in [-0.2, 0) is 0 Å². The fourth-order valence-electron chi connectivity index (χ4n) is 2.20. The molecule has 0 bridgehead atoms. The van der Waals surface area contributed by atoms with Gasteiger partial charge < -0.3 is 10.2 Å². The zero-order valence-corrected chi connectivity index (χ0v) is 14.1. The van der Waals surface area contributed by atoms with E-state index < -0.39 is 0 Å². The quantitative estimate of drug-likeness (QED) is 0.881. The van der Waals surface area contributed by atoms with Crippen LogP contribution >= 0.6 is 38.6 Å². The van der Waals surface area contributed by atoms with E-state index in [1.807, 2.05) is 21.7 Å². The number of aromatic nitrogens is 1. The number of piperazine rings is 1. The number of hydrogen-bond acceptors (Lipinski definition) is 5. The number of carbonyl (C=O) groups excluding carboxylic acids is 1. The summed E-state index contributed by atoms with van der Waals surface area (Å²) in [6, 6.07) is 2.25. The monoisotopic (exact) mass is 371 g/mol. The SMILES string of the molecule is C[C@@H]1CNCCN1C(=O)c1csc(-c2cc(Br)cs2)n1. The highest BCUT2D eigenvalue weighted by molar-refractivity contribution is 9.10. The first-order chi connectivity index (χ1) is 9.65. The van der Waals surface area contributed by atoms with Crippen molar-refractivity contribution in [3.8, 4) is 9.88 Å². The third-order valence-electron chi connectivity index (χ3n) is 3.26. The second-order valence-electron chi connectivity index (χ2n) is 4.72. The van der Waals surface area contributed by atoms with Crippen molar-refractivity contribution in [3.63, 3.8) is 0 Å². The molecule has 0 aliphatic carbocycles. The molecule has 1 atom stereocenters. The van der Waals surface area contributed by atoms with E-state index in [2.05, 4.69) is 33.2 Å². The van der Waals surface area contributed by atoms with Crippen LogP contribution in [0.25, 0.3) is 9.88 Å². The van der Waals surface area contributed by atoms with Gasteiger partial charge in [0.15, 0.2) is 0 Å². The van der Waals surface area contributed by atoms with Crippen molar-refractivity contribution in [2.24, 2.45) is 0 Å². The molecule has 1 fully saturated rings. The topological polar surface area (TPSA) is 45.2 Å². The number of halogens is 1. The van der Waals surface area contributed by atoms with E-state index in [-0.39, 0.29) is 11.9 Å². The van der Waals surface area contributed by atoms with Crippen molar-refractivity contribution < 1.29 is 4.79 Å². The van der Waals surface area contributed by atoms with Crippen molar-refractivity contribution in [1.29, 1.82) is 0 Å². The van der Waals surface area contributed by atoms with E-state index in [4.69, 9.17) is 0 Å². The van der Waals surface area contributed by atoms with Crippen LogP contribution in [0.5, 0.6) is 0 Å². The van der Waals surface area contributed by atoms with Gasteiger partial charge in [0.1, 0.15) is 10.7 Å². The van der Waals surface area contributed by atoms with Crippen molar-refractivity contribution >= 4 is 44.5 Å². The standard InChI is InChI=1S/C13H14BrN3OS2/c1-8-5-15-2-3-17(8)13(18)10-7-20-12(16-10)11-4-9(14)6-19-11/h4,6-8,15H,2-3,5H2,1H3/t8-/m1/s1. The van der Waals surface area contributed by atoms with Gasteiger partial charge in [0.05, 0.1) is 4.88 Å². The van der Waals surface area contributed by atoms with Crippen LogP contribution in [0.15, 0.2) is 21.3 Å². The molecule has 7 heteroatoms. The third kappa shape index (κ3) is 2.81. The summed E-state index contributed by atoms with van der Waals surface area (Å²) < 4.78 is 1.05. The number of carbonyl (C=O) groups is 1. The van der Waals surface area contributed by atoms with E-state index >= 15 is 0 Å². The maximum Gasteiger partial charge on any atom is 0.273 e. The highest BCUT2D eigenvalue weighted by Gasteiger charge is 2.25. The molecule has 3 rings (SSSR count). The average Bonchev–Trinajstić information content (AvgIpc) is 3.07. The molecule has 1 saturated heterocycles. The van der Waals surface area contributed by atoms with Gasteiger partial charge in [0, 0.05) is 40.9 Å². The fraction of sp³-hybridized carbons (Fsp3) is 0.385. The van der Waals surface area contributed by atoms with Crippen molar-refractivity contribution in [3.05, 3.63) is 27.0 Å². The number of thiophene rings is 1. The van der Waals surface area contributed by atoms with E-state index in [0.717, 1.165) is 34.0 Å². The summed E-state index contributed by atoms with van der Waals surface area (Å²) in [4.78, 5) is 20.0. The fourth-order valence-corrected chi connectivity index (χ4v) is 4.50. The number of hydrogen-bond donors (Lipinski definition) is 1. The Hall–Kier alpha value is -0.760. The lowest BCUT2D eigenvalue weighted by Crippen LogP contribution is -2.52. The van der Waals surface area contributed by atoms with Crippen LogP contribution in [0.3, 0.4) is 0 Å². The minimum Gasteiger partial charge on any atom is -0.332 e. The van der Waals surface area contributed by atoms with Crippen molar-refractivity contribution in [2.75, 3.05) is 19.6 Å². The highest BCUT2D eigenvalue weighted by atomic mass is 79.9. The third-order valence-corrected chi connectivity index (χ3v) is 5.97. The van der Waals surface area contributed by atoms with Crippen LogP contribution in [0.4, 0.5) is 0 Å².